The predicted octanol–water partition coefficient (Wildman–Crippen LogP) is -0.151. The summed E-state index contributed by atoms with van der Waals surface area (Å²) < 4.78 is 32.0. The molecule has 0 radical (unpaired) electrons. The van der Waals surface area contributed by atoms with Gasteiger partial charge in [-0.05, 0) is 38.8 Å². The van der Waals surface area contributed by atoms with Crippen molar-refractivity contribution in [2.24, 2.45) is 5.41 Å². The summed E-state index contributed by atoms with van der Waals surface area (Å²) in [5, 5.41) is 63.1. The highest BCUT2D eigenvalue weighted by molar-refractivity contribution is 5.84. The van der Waals surface area contributed by atoms with Gasteiger partial charge in [-0.15, -0.1) is 0 Å². The summed E-state index contributed by atoms with van der Waals surface area (Å²) in [7, 11) is 2.67. The predicted molar refractivity (Wildman–Crippen MR) is 145 cm³/mol. The van der Waals surface area contributed by atoms with Gasteiger partial charge in [-0.25, -0.2) is 4.79 Å². The molecular formula is C29H38O14. The molecule has 14 heteroatoms. The van der Waals surface area contributed by atoms with Crippen LogP contribution >= 0.6 is 0 Å². The van der Waals surface area contributed by atoms with Gasteiger partial charge < -0.3 is 59.1 Å². The van der Waals surface area contributed by atoms with Gasteiger partial charge in [0.15, 0.2) is 11.5 Å². The summed E-state index contributed by atoms with van der Waals surface area (Å²) in [6.07, 6.45) is -4.76. The van der Waals surface area contributed by atoms with Gasteiger partial charge in [0.05, 0.1) is 20.3 Å². The van der Waals surface area contributed by atoms with Crippen molar-refractivity contribution in [1.29, 1.82) is 0 Å². The molecule has 0 aromatic heterocycles. The monoisotopic (exact) mass is 610 g/mol. The fraction of sp³-hybridized carbons (Fsp3) is 0.586. The summed E-state index contributed by atoms with van der Waals surface area (Å²) in [5.74, 6) is -1.65. The van der Waals surface area contributed by atoms with E-state index in [0.29, 0.717) is 5.57 Å². The second-order valence-electron chi connectivity index (χ2n) is 11.4. The zero-order valence-corrected chi connectivity index (χ0v) is 24.4. The van der Waals surface area contributed by atoms with E-state index in [0.717, 1.165) is 6.08 Å². The number of methoxy groups -OCH3 is 2. The van der Waals surface area contributed by atoms with Crippen LogP contribution in [0.25, 0.3) is 0 Å². The molecule has 1 saturated carbocycles. The third-order valence-electron chi connectivity index (χ3n) is 8.36. The molecule has 1 aromatic carbocycles. The van der Waals surface area contributed by atoms with Crippen LogP contribution < -0.4 is 14.2 Å². The summed E-state index contributed by atoms with van der Waals surface area (Å²) in [5.41, 5.74) is -4.14. The minimum atomic E-state index is -1.74. The first kappa shape index (κ1) is 32.5. The molecule has 2 saturated heterocycles. The molecule has 0 unspecified atom stereocenters. The first-order valence-electron chi connectivity index (χ1n) is 13.6. The number of benzene rings is 1. The van der Waals surface area contributed by atoms with Gasteiger partial charge in [0.2, 0.25) is 12.0 Å². The lowest BCUT2D eigenvalue weighted by molar-refractivity contribution is -0.278. The van der Waals surface area contributed by atoms with Crippen molar-refractivity contribution in [2.75, 3.05) is 20.8 Å². The smallest absolute Gasteiger partial charge is 0.331 e. The molecule has 3 aliphatic rings. The van der Waals surface area contributed by atoms with E-state index < -0.39 is 72.0 Å². The fourth-order valence-corrected chi connectivity index (χ4v) is 5.89. The van der Waals surface area contributed by atoms with E-state index in [1.807, 2.05) is 0 Å². The largest absolute Gasteiger partial charge is 0.504 e. The fourth-order valence-electron chi connectivity index (χ4n) is 5.89. The molecule has 2 heterocycles. The average molecular weight is 611 g/mol. The Balaban J connectivity index is 1.41. The molecule has 43 heavy (non-hydrogen) atoms. The van der Waals surface area contributed by atoms with E-state index in [-0.39, 0.29) is 35.8 Å². The first-order valence-corrected chi connectivity index (χ1v) is 13.6. The Kier molecular flexibility index (Phi) is 9.03. The number of rotatable bonds is 9. The number of phenolic OH excluding ortho intramolecular Hbond substituents is 1. The molecular weight excluding hydrogens is 572 g/mol. The standard InChI is InChI=1S/C29H38O14/c1-14(6-7-29(37)27(2)11-15(30)12-28(29,3)43-26(27)36)8-20(32)40-13-19-21(33)22(34)23(35)25(42-19)41-16-9-17(31)24(39-5)18(10-16)38-4/h6-10,15,19,21-23,25,30-31,33-35,37H,11-13H2,1-5H3/t15-,19+,21+,22-,23+,25+,27-,28-,29-/m0/s1. The van der Waals surface area contributed by atoms with Crippen LogP contribution in [0.5, 0.6) is 23.0 Å². The molecule has 2 bridgehead atoms. The molecule has 6 N–H and O–H groups in total. The maximum Gasteiger partial charge on any atom is 0.331 e. The summed E-state index contributed by atoms with van der Waals surface area (Å²) in [6.45, 7) is 4.09. The maximum atomic E-state index is 12.6. The maximum absolute atomic E-state index is 12.6. The Hall–Kier alpha value is -3.40. The Bertz CT molecular complexity index is 1290. The number of ether oxygens (including phenoxy) is 6. The Morgan fingerprint density at radius 1 is 1.07 bits per heavy atom. The van der Waals surface area contributed by atoms with E-state index in [1.165, 1.54) is 45.4 Å². The SMILES string of the molecule is COc1cc(O[C@@H]2O[C@H](COC(=O)C=C(C)C=C[C@]3(O)[C@@]4(C)C[C@H](O)C[C@]3(C)OC4=O)[C@@H](O)[C@H](O)[C@H]2O)cc(O)c1OC. The van der Waals surface area contributed by atoms with E-state index >= 15 is 0 Å². The van der Waals surface area contributed by atoms with Gasteiger partial charge in [0.1, 0.15) is 53.4 Å². The molecule has 2 aliphatic heterocycles. The van der Waals surface area contributed by atoms with Crippen LogP contribution in [-0.2, 0) is 23.8 Å². The van der Waals surface area contributed by atoms with Crippen LogP contribution in [0.15, 0.2) is 35.9 Å². The molecule has 4 rings (SSSR count). The van der Waals surface area contributed by atoms with Crippen molar-refractivity contribution < 1.29 is 68.6 Å². The van der Waals surface area contributed by atoms with Crippen molar-refractivity contribution in [2.45, 2.75) is 81.6 Å². The quantitative estimate of drug-likeness (QED) is 0.122. The number of hydrogen-bond donors (Lipinski definition) is 6. The van der Waals surface area contributed by atoms with Crippen molar-refractivity contribution in [1.82, 2.24) is 0 Å². The van der Waals surface area contributed by atoms with Crippen LogP contribution in [0.4, 0.5) is 0 Å². The Morgan fingerprint density at radius 3 is 2.40 bits per heavy atom. The lowest BCUT2D eigenvalue weighted by Crippen LogP contribution is -2.61. The van der Waals surface area contributed by atoms with Gasteiger partial charge >= 0.3 is 11.9 Å². The summed E-state index contributed by atoms with van der Waals surface area (Å²) in [6, 6.07) is 2.52. The third-order valence-corrected chi connectivity index (χ3v) is 8.36. The molecule has 1 aromatic rings. The van der Waals surface area contributed by atoms with Crippen molar-refractivity contribution in [3.63, 3.8) is 0 Å². The van der Waals surface area contributed by atoms with Crippen molar-refractivity contribution >= 4 is 11.9 Å². The van der Waals surface area contributed by atoms with Crippen molar-refractivity contribution in [3.05, 3.63) is 35.9 Å². The second-order valence-corrected chi connectivity index (χ2v) is 11.4. The second kappa shape index (κ2) is 11.9. The molecule has 0 spiro atoms. The lowest BCUT2D eigenvalue weighted by atomic mass is 9.59. The van der Waals surface area contributed by atoms with E-state index in [4.69, 9.17) is 28.4 Å². The van der Waals surface area contributed by atoms with Crippen LogP contribution in [0, 0.1) is 5.41 Å². The normalized spacial score (nSPS) is 37.6. The lowest BCUT2D eigenvalue weighted by Gasteiger charge is -2.47. The highest BCUT2D eigenvalue weighted by atomic mass is 16.7. The zero-order chi connectivity index (χ0) is 31.9. The van der Waals surface area contributed by atoms with Gasteiger partial charge in [-0.1, -0.05) is 6.08 Å². The zero-order valence-electron chi connectivity index (χ0n) is 24.4. The number of aliphatic hydroxyl groups excluding tert-OH is 4. The number of phenols is 1. The number of carbonyl (C=O) groups is 2. The van der Waals surface area contributed by atoms with Crippen LogP contribution in [-0.4, -0.2) is 111 Å². The highest BCUT2D eigenvalue weighted by Gasteiger charge is 2.72. The van der Waals surface area contributed by atoms with Crippen LogP contribution in [0.1, 0.15) is 33.6 Å². The van der Waals surface area contributed by atoms with Crippen LogP contribution in [0.3, 0.4) is 0 Å². The molecule has 238 valence electrons. The highest BCUT2D eigenvalue weighted by Crippen LogP contribution is 2.58. The molecule has 9 atom stereocenters. The number of fused-ring (bicyclic) bond motifs is 2. The van der Waals surface area contributed by atoms with Gasteiger partial charge in [0.25, 0.3) is 0 Å². The number of aliphatic hydroxyl groups is 5. The van der Waals surface area contributed by atoms with Gasteiger partial charge in [-0.3, -0.25) is 4.79 Å². The number of aromatic hydroxyl groups is 1. The third kappa shape index (κ3) is 5.78. The number of allylic oxidation sites excluding steroid dienone is 2. The van der Waals surface area contributed by atoms with E-state index in [1.54, 1.807) is 13.8 Å². The molecule has 3 fully saturated rings. The van der Waals surface area contributed by atoms with Crippen molar-refractivity contribution in [3.8, 4) is 23.0 Å². The summed E-state index contributed by atoms with van der Waals surface area (Å²) in [4.78, 5) is 25.1. The number of esters is 2. The molecule has 1 aliphatic carbocycles. The minimum absolute atomic E-state index is 0.00914. The molecule has 14 nitrogen and oxygen atoms in total. The van der Waals surface area contributed by atoms with E-state index in [2.05, 4.69) is 0 Å². The van der Waals surface area contributed by atoms with Gasteiger partial charge in [0, 0.05) is 24.6 Å². The van der Waals surface area contributed by atoms with Gasteiger partial charge in [-0.2, -0.15) is 0 Å². The Labute approximate surface area is 247 Å². The number of hydrogen-bond acceptors (Lipinski definition) is 14. The average Bonchev–Trinajstić information content (AvgIpc) is 3.00. The topological polar surface area (TPSA) is 211 Å². The first-order chi connectivity index (χ1) is 20.1. The minimum Gasteiger partial charge on any atom is -0.504 e. The van der Waals surface area contributed by atoms with E-state index in [9.17, 15) is 40.2 Å². The molecule has 0 amide bonds. The number of carbonyl (C=O) groups excluding carboxylic acids is 2. The van der Waals surface area contributed by atoms with Crippen LogP contribution in [0.2, 0.25) is 0 Å². The Morgan fingerprint density at radius 2 is 1.77 bits per heavy atom. The summed E-state index contributed by atoms with van der Waals surface area (Å²) >= 11 is 0.